The van der Waals surface area contributed by atoms with E-state index < -0.39 is 58.1 Å². The summed E-state index contributed by atoms with van der Waals surface area (Å²) >= 11 is 0. The molecule has 0 unspecified atom stereocenters. The summed E-state index contributed by atoms with van der Waals surface area (Å²) in [5.41, 5.74) is -3.06. The second-order valence-corrected chi connectivity index (χ2v) is 20.2. The SMILES string of the molecule is N#Cc1cc(-c2nc(-c3ccccc3)nc(-c3ccccc3)n2)c(-n2c3ccc(-c4cc(C(F)(F)F)cc(C(F)(F)F)c4)cc3c3cc(-c4cc(C(F)(F)F)cc(C(F)(F)F)c4)ccc32)c(-c2cnccc2-n2c3ccccc3c3ccccc32)c1. The summed E-state index contributed by atoms with van der Waals surface area (Å²) < 4.78 is 178. The van der Waals surface area contributed by atoms with E-state index in [2.05, 4.69) is 11.1 Å². The molecule has 4 aromatic heterocycles. The van der Waals surface area contributed by atoms with Crippen LogP contribution >= 0.6 is 0 Å². The van der Waals surface area contributed by atoms with E-state index in [1.54, 1.807) is 89.8 Å². The van der Waals surface area contributed by atoms with Crippen molar-refractivity contribution in [2.24, 2.45) is 0 Å². The van der Waals surface area contributed by atoms with Gasteiger partial charge in [-0.2, -0.15) is 57.9 Å². The van der Waals surface area contributed by atoms with Crippen molar-refractivity contribution < 1.29 is 52.7 Å². The predicted octanol–water partition coefficient (Wildman–Crippen LogP) is 19.4. The van der Waals surface area contributed by atoms with Crippen LogP contribution in [0.4, 0.5) is 52.7 Å². The maximum Gasteiger partial charge on any atom is 0.416 e. The third-order valence-electron chi connectivity index (χ3n) is 14.9. The Morgan fingerprint density at radius 1 is 0.337 bits per heavy atom. The van der Waals surface area contributed by atoms with Crippen LogP contribution in [-0.2, 0) is 24.7 Å². The molecule has 0 saturated carbocycles. The van der Waals surface area contributed by atoms with Crippen molar-refractivity contribution in [2.45, 2.75) is 24.7 Å². The number of hydrogen-bond acceptors (Lipinski definition) is 5. The summed E-state index contributed by atoms with van der Waals surface area (Å²) in [6.07, 6.45) is -17.8. The molecule has 0 radical (unpaired) electrons. The van der Waals surface area contributed by atoms with Gasteiger partial charge in [0.2, 0.25) is 0 Å². The summed E-state index contributed by atoms with van der Waals surface area (Å²) in [4.78, 5) is 19.7. The van der Waals surface area contributed by atoms with Crippen molar-refractivity contribution in [3.63, 3.8) is 0 Å². The average Bonchev–Trinajstić information content (AvgIpc) is 1.56. The molecule has 422 valence electrons. The molecule has 0 fully saturated rings. The van der Waals surface area contributed by atoms with Gasteiger partial charge in [-0.05, 0) is 113 Å². The molecule has 0 amide bonds. The van der Waals surface area contributed by atoms with Crippen molar-refractivity contribution in [1.29, 1.82) is 5.26 Å². The van der Waals surface area contributed by atoms with Crippen molar-refractivity contribution in [3.05, 3.63) is 240 Å². The molecule has 0 spiro atoms. The van der Waals surface area contributed by atoms with Gasteiger partial charge in [-0.15, -0.1) is 0 Å². The molecule has 9 aromatic carbocycles. The highest BCUT2D eigenvalue weighted by molar-refractivity contribution is 6.14. The summed E-state index contributed by atoms with van der Waals surface area (Å²) in [5, 5.41) is 13.0. The second kappa shape index (κ2) is 20.3. The van der Waals surface area contributed by atoms with Crippen molar-refractivity contribution in [3.8, 4) is 85.0 Å². The molecule has 0 saturated heterocycles. The zero-order valence-electron chi connectivity index (χ0n) is 43.9. The molecule has 0 N–H and O–H groups in total. The van der Waals surface area contributed by atoms with Gasteiger partial charge in [0.25, 0.3) is 0 Å². The molecule has 86 heavy (non-hydrogen) atoms. The van der Waals surface area contributed by atoms with Gasteiger partial charge in [-0.25, -0.2) is 15.0 Å². The first kappa shape index (κ1) is 54.6. The molecule has 13 rings (SSSR count). The van der Waals surface area contributed by atoms with E-state index in [1.165, 1.54) is 42.5 Å². The van der Waals surface area contributed by atoms with Gasteiger partial charge in [0.15, 0.2) is 17.5 Å². The molecule has 0 aliphatic carbocycles. The van der Waals surface area contributed by atoms with Crippen LogP contribution in [-0.4, -0.2) is 29.1 Å². The monoisotopic (exact) mass is 1170 g/mol. The highest BCUT2D eigenvalue weighted by Crippen LogP contribution is 2.48. The van der Waals surface area contributed by atoms with Gasteiger partial charge in [-0.3, -0.25) is 4.98 Å². The Labute approximate surface area is 479 Å². The minimum atomic E-state index is -5.24. The minimum absolute atomic E-state index is 0.00360. The lowest BCUT2D eigenvalue weighted by Gasteiger charge is -2.21. The number of hydrogen-bond donors (Lipinski definition) is 0. The van der Waals surface area contributed by atoms with E-state index in [4.69, 9.17) is 15.0 Å². The Balaban J connectivity index is 1.19. The number of rotatable bonds is 8. The van der Waals surface area contributed by atoms with Gasteiger partial charge in [0, 0.05) is 61.8 Å². The number of alkyl halides is 12. The van der Waals surface area contributed by atoms with Gasteiger partial charge >= 0.3 is 24.7 Å². The van der Waals surface area contributed by atoms with Crippen molar-refractivity contribution >= 4 is 43.6 Å². The number of aromatic nitrogens is 6. The second-order valence-electron chi connectivity index (χ2n) is 20.2. The van der Waals surface area contributed by atoms with E-state index in [0.29, 0.717) is 52.2 Å². The van der Waals surface area contributed by atoms with Crippen LogP contribution in [0.1, 0.15) is 27.8 Å². The molecule has 0 bridgehead atoms. The molecular weight excluding hydrogens is 1130 g/mol. The summed E-state index contributed by atoms with van der Waals surface area (Å²) in [7, 11) is 0. The normalized spacial score (nSPS) is 12.4. The Morgan fingerprint density at radius 2 is 0.744 bits per heavy atom. The lowest BCUT2D eigenvalue weighted by molar-refractivity contribution is -0.144. The van der Waals surface area contributed by atoms with Gasteiger partial charge in [0.05, 0.1) is 67.3 Å². The Hall–Kier alpha value is -10.6. The predicted molar refractivity (Wildman–Crippen MR) is 304 cm³/mol. The Bertz CT molecular complexity index is 4590. The van der Waals surface area contributed by atoms with Gasteiger partial charge in [-0.1, -0.05) is 109 Å². The molecule has 0 aliphatic heterocycles. The van der Waals surface area contributed by atoms with Crippen LogP contribution in [0.25, 0.3) is 123 Å². The molecule has 13 aromatic rings. The number of nitrogens with zero attached hydrogens (tertiary/aromatic N) is 7. The van der Waals surface area contributed by atoms with Crippen LogP contribution < -0.4 is 0 Å². The van der Waals surface area contributed by atoms with Crippen LogP contribution in [0.2, 0.25) is 0 Å². The first-order valence-corrected chi connectivity index (χ1v) is 26.2. The number of benzene rings is 9. The smallest absolute Gasteiger partial charge is 0.309 e. The van der Waals surface area contributed by atoms with E-state index in [0.717, 1.165) is 21.8 Å². The standard InChI is InChI=1S/C67H35F12N7/c68-64(69,70)44-27-42(28-45(33-44)65(71,72)73)40-19-21-57-50(31-40)51-32-41(43-29-46(66(74,75)76)34-47(30-43)67(77,78)79)20-22-58(51)86(57)60-52(54-36-81-24-23-59(54)85-55-17-9-7-15-48(55)49-16-8-10-18-56(49)85)25-37(35-80)26-53(60)63-83-61(38-11-3-1-4-12-38)82-62(84-63)39-13-5-2-6-14-39/h1-34,36H. The molecular formula is C67H35F12N7. The maximum absolute atomic E-state index is 14.5. The van der Waals surface area contributed by atoms with Gasteiger partial charge < -0.3 is 9.13 Å². The van der Waals surface area contributed by atoms with E-state index in [-0.39, 0.29) is 79.4 Å². The lowest BCUT2D eigenvalue weighted by atomic mass is 9.95. The third-order valence-corrected chi connectivity index (χ3v) is 14.9. The topological polar surface area (TPSA) is 85.2 Å². The van der Waals surface area contributed by atoms with Gasteiger partial charge in [0.1, 0.15) is 0 Å². The Kier molecular flexibility index (Phi) is 12.9. The van der Waals surface area contributed by atoms with E-state index >= 15 is 0 Å². The average molecular weight is 1170 g/mol. The highest BCUT2D eigenvalue weighted by atomic mass is 19.4. The van der Waals surface area contributed by atoms with E-state index in [9.17, 15) is 57.9 Å². The number of pyridine rings is 1. The summed E-state index contributed by atoms with van der Waals surface area (Å²) in [5.74, 6) is 0.405. The van der Waals surface area contributed by atoms with Crippen LogP contribution in [0, 0.1) is 11.3 Å². The highest BCUT2D eigenvalue weighted by Gasteiger charge is 2.39. The molecule has 0 atom stereocenters. The molecule has 0 aliphatic rings. The molecule has 7 nitrogen and oxygen atoms in total. The van der Waals surface area contributed by atoms with Crippen LogP contribution in [0.15, 0.2) is 213 Å². The number of halogens is 12. The van der Waals surface area contributed by atoms with Crippen LogP contribution in [0.5, 0.6) is 0 Å². The first-order chi connectivity index (χ1) is 41.1. The first-order valence-electron chi connectivity index (χ1n) is 26.2. The molecule has 4 heterocycles. The lowest BCUT2D eigenvalue weighted by Crippen LogP contribution is -2.11. The maximum atomic E-state index is 14.5. The fourth-order valence-corrected chi connectivity index (χ4v) is 11.1. The quantitative estimate of drug-likeness (QED) is 0.142. The van der Waals surface area contributed by atoms with Crippen molar-refractivity contribution in [2.75, 3.05) is 0 Å². The fourth-order valence-electron chi connectivity index (χ4n) is 11.1. The summed E-state index contributed by atoms with van der Waals surface area (Å²) in [6.45, 7) is 0. The van der Waals surface area contributed by atoms with Crippen molar-refractivity contribution in [1.82, 2.24) is 29.1 Å². The number of para-hydroxylation sites is 2. The van der Waals surface area contributed by atoms with E-state index in [1.807, 2.05) is 53.1 Å². The molecule has 19 heteroatoms. The van der Waals surface area contributed by atoms with Crippen LogP contribution in [0.3, 0.4) is 0 Å². The zero-order chi connectivity index (χ0) is 60.0. The summed E-state index contributed by atoms with van der Waals surface area (Å²) in [6, 6.07) is 50.7. The number of fused-ring (bicyclic) bond motifs is 6. The Morgan fingerprint density at radius 3 is 1.19 bits per heavy atom. The number of nitriles is 1. The largest absolute Gasteiger partial charge is 0.416 e. The fraction of sp³-hybridized carbons (Fsp3) is 0.0597. The zero-order valence-corrected chi connectivity index (χ0v) is 43.9. The third kappa shape index (κ3) is 9.77. The minimum Gasteiger partial charge on any atom is -0.309 e.